The average molecular weight is 451 g/mol. The summed E-state index contributed by atoms with van der Waals surface area (Å²) in [6.07, 6.45) is 23.5. The summed E-state index contributed by atoms with van der Waals surface area (Å²) < 4.78 is 0.931. The Kier molecular flexibility index (Phi) is 14.9. The number of rotatable bonds is 16. The van der Waals surface area contributed by atoms with Gasteiger partial charge < -0.3 is 5.32 Å². The second-order valence-electron chi connectivity index (χ2n) is 7.70. The van der Waals surface area contributed by atoms with Crippen molar-refractivity contribution in [1.82, 2.24) is 4.98 Å². The molecule has 0 saturated carbocycles. The van der Waals surface area contributed by atoms with Crippen LogP contribution in [0.4, 0.5) is 5.82 Å². The van der Waals surface area contributed by atoms with Crippen LogP contribution in [0.3, 0.4) is 0 Å². The van der Waals surface area contributed by atoms with Gasteiger partial charge in [-0.25, -0.2) is 4.98 Å². The SMILES string of the molecule is CCCCCCCC/C=C\CCCCCCCC(=O)Nc1ncc(Br)cc1C. The summed E-state index contributed by atoms with van der Waals surface area (Å²) in [5.74, 6) is 0.733. The topological polar surface area (TPSA) is 42.0 Å². The second-order valence-corrected chi connectivity index (χ2v) is 8.62. The molecule has 0 bridgehead atoms. The van der Waals surface area contributed by atoms with Gasteiger partial charge in [0.05, 0.1) is 0 Å². The third-order valence-electron chi connectivity index (χ3n) is 4.97. The quantitative estimate of drug-likeness (QED) is 0.204. The zero-order chi connectivity index (χ0) is 20.5. The zero-order valence-corrected chi connectivity index (χ0v) is 19.5. The molecule has 0 aromatic carbocycles. The van der Waals surface area contributed by atoms with Crippen molar-refractivity contribution >= 4 is 27.7 Å². The van der Waals surface area contributed by atoms with E-state index in [9.17, 15) is 4.79 Å². The Bertz CT molecular complexity index is 572. The van der Waals surface area contributed by atoms with Crippen molar-refractivity contribution in [3.63, 3.8) is 0 Å². The standard InChI is InChI=1S/C24H39BrN2O/c1-3-4-5-6-7-8-9-10-11-12-13-14-15-16-17-18-23(28)27-24-21(2)19-22(25)20-26-24/h10-11,19-20H,3-9,12-18H2,1-2H3,(H,26,27,28)/b11-10-. The molecule has 0 spiro atoms. The first-order valence-electron chi connectivity index (χ1n) is 11.2. The summed E-state index contributed by atoms with van der Waals surface area (Å²) in [7, 11) is 0. The van der Waals surface area contributed by atoms with Crippen molar-refractivity contribution in [3.05, 3.63) is 34.5 Å². The highest BCUT2D eigenvalue weighted by Gasteiger charge is 2.06. The molecule has 0 aliphatic rings. The van der Waals surface area contributed by atoms with Crippen molar-refractivity contribution in [3.8, 4) is 0 Å². The summed E-state index contributed by atoms with van der Waals surface area (Å²) in [5, 5.41) is 2.91. The van der Waals surface area contributed by atoms with Gasteiger partial charge >= 0.3 is 0 Å². The maximum Gasteiger partial charge on any atom is 0.225 e. The number of anilines is 1. The predicted octanol–water partition coefficient (Wildman–Crippen LogP) is 8.13. The van der Waals surface area contributed by atoms with E-state index in [1.54, 1.807) is 6.20 Å². The van der Waals surface area contributed by atoms with Crippen LogP contribution in [-0.2, 0) is 4.79 Å². The number of nitrogens with zero attached hydrogens (tertiary/aromatic N) is 1. The van der Waals surface area contributed by atoms with Gasteiger partial charge in [0.1, 0.15) is 5.82 Å². The Morgan fingerprint density at radius 2 is 1.54 bits per heavy atom. The van der Waals surface area contributed by atoms with Crippen LogP contribution in [0.15, 0.2) is 28.9 Å². The fraction of sp³-hybridized carbons (Fsp3) is 0.667. The van der Waals surface area contributed by atoms with Crippen LogP contribution < -0.4 is 5.32 Å². The van der Waals surface area contributed by atoms with Gasteiger partial charge in [0.15, 0.2) is 0 Å². The molecule has 4 heteroatoms. The van der Waals surface area contributed by atoms with Crippen molar-refractivity contribution in [2.24, 2.45) is 0 Å². The summed E-state index contributed by atoms with van der Waals surface area (Å²) >= 11 is 3.39. The Balaban J connectivity index is 1.92. The number of hydrogen-bond acceptors (Lipinski definition) is 2. The zero-order valence-electron chi connectivity index (χ0n) is 17.9. The van der Waals surface area contributed by atoms with Crippen molar-refractivity contribution in [1.29, 1.82) is 0 Å². The lowest BCUT2D eigenvalue weighted by atomic mass is 10.1. The van der Waals surface area contributed by atoms with Crippen molar-refractivity contribution < 1.29 is 4.79 Å². The molecule has 28 heavy (non-hydrogen) atoms. The number of aromatic nitrogens is 1. The van der Waals surface area contributed by atoms with E-state index in [0.29, 0.717) is 12.2 Å². The lowest BCUT2D eigenvalue weighted by Gasteiger charge is -2.07. The van der Waals surface area contributed by atoms with Crippen LogP contribution in [0.5, 0.6) is 0 Å². The number of hydrogen-bond donors (Lipinski definition) is 1. The molecule has 158 valence electrons. The lowest BCUT2D eigenvalue weighted by Crippen LogP contribution is -2.13. The Morgan fingerprint density at radius 1 is 0.964 bits per heavy atom. The average Bonchev–Trinajstić information content (AvgIpc) is 2.67. The first kappa shape index (κ1) is 24.9. The summed E-state index contributed by atoms with van der Waals surface area (Å²) in [4.78, 5) is 16.3. The Labute approximate surface area is 180 Å². The van der Waals surface area contributed by atoms with Gasteiger partial charge in [-0.15, -0.1) is 0 Å². The van der Waals surface area contributed by atoms with Gasteiger partial charge in [-0.1, -0.05) is 70.4 Å². The molecule has 0 saturated heterocycles. The molecule has 3 nitrogen and oxygen atoms in total. The van der Waals surface area contributed by atoms with Crippen molar-refractivity contribution in [2.45, 2.75) is 104 Å². The minimum atomic E-state index is 0.0653. The number of nitrogens with one attached hydrogen (secondary N) is 1. The second kappa shape index (κ2) is 16.8. The first-order valence-corrected chi connectivity index (χ1v) is 12.0. The fourth-order valence-electron chi connectivity index (χ4n) is 3.22. The molecule has 0 aliphatic carbocycles. The molecule has 0 unspecified atom stereocenters. The highest BCUT2D eigenvalue weighted by atomic mass is 79.9. The van der Waals surface area contributed by atoms with E-state index in [-0.39, 0.29) is 5.91 Å². The molecule has 1 aromatic heterocycles. The van der Waals surface area contributed by atoms with E-state index >= 15 is 0 Å². The van der Waals surface area contributed by atoms with Crippen LogP contribution in [0.2, 0.25) is 0 Å². The van der Waals surface area contributed by atoms with E-state index in [1.165, 1.54) is 70.6 Å². The van der Waals surface area contributed by atoms with Gasteiger partial charge in [0, 0.05) is 17.1 Å². The third kappa shape index (κ3) is 13.1. The van der Waals surface area contributed by atoms with Crippen LogP contribution in [0.25, 0.3) is 0 Å². The van der Waals surface area contributed by atoms with E-state index in [2.05, 4.69) is 45.3 Å². The number of carbonyl (C=O) groups is 1. The fourth-order valence-corrected chi connectivity index (χ4v) is 3.67. The molecule has 1 N–H and O–H groups in total. The third-order valence-corrected chi connectivity index (χ3v) is 5.40. The number of unbranched alkanes of at least 4 members (excludes halogenated alkanes) is 11. The smallest absolute Gasteiger partial charge is 0.225 e. The van der Waals surface area contributed by atoms with Gasteiger partial charge in [-0.05, 0) is 66.6 Å². The molecule has 1 rings (SSSR count). The largest absolute Gasteiger partial charge is 0.310 e. The summed E-state index contributed by atoms with van der Waals surface area (Å²) in [5.41, 5.74) is 0.979. The maximum absolute atomic E-state index is 12.0. The number of pyridine rings is 1. The molecule has 0 radical (unpaired) electrons. The van der Waals surface area contributed by atoms with E-state index in [0.717, 1.165) is 22.9 Å². The van der Waals surface area contributed by atoms with E-state index in [1.807, 2.05) is 13.0 Å². The van der Waals surface area contributed by atoms with Crippen molar-refractivity contribution in [2.75, 3.05) is 5.32 Å². The van der Waals surface area contributed by atoms with E-state index in [4.69, 9.17) is 0 Å². The predicted molar refractivity (Wildman–Crippen MR) is 125 cm³/mol. The number of allylic oxidation sites excluding steroid dienone is 2. The minimum absolute atomic E-state index is 0.0653. The molecule has 0 fully saturated rings. The normalized spacial score (nSPS) is 11.2. The molecular weight excluding hydrogens is 412 g/mol. The Morgan fingerprint density at radius 3 is 2.14 bits per heavy atom. The van der Waals surface area contributed by atoms with Crippen LogP contribution in [0, 0.1) is 6.92 Å². The highest BCUT2D eigenvalue weighted by molar-refractivity contribution is 9.10. The maximum atomic E-state index is 12.0. The number of halogens is 1. The summed E-state index contributed by atoms with van der Waals surface area (Å²) in [6, 6.07) is 1.96. The van der Waals surface area contributed by atoms with Gasteiger partial charge in [0.25, 0.3) is 0 Å². The molecule has 1 heterocycles. The molecule has 1 amide bonds. The highest BCUT2D eigenvalue weighted by Crippen LogP contribution is 2.17. The van der Waals surface area contributed by atoms with Gasteiger partial charge in [-0.3, -0.25) is 4.79 Å². The van der Waals surface area contributed by atoms with Gasteiger partial charge in [-0.2, -0.15) is 0 Å². The number of carbonyl (C=O) groups excluding carboxylic acids is 1. The number of aryl methyl sites for hydroxylation is 1. The molecule has 1 aromatic rings. The van der Waals surface area contributed by atoms with Crippen LogP contribution >= 0.6 is 15.9 Å². The van der Waals surface area contributed by atoms with Crippen LogP contribution in [-0.4, -0.2) is 10.9 Å². The summed E-state index contributed by atoms with van der Waals surface area (Å²) in [6.45, 7) is 4.22. The molecular formula is C24H39BrN2O. The minimum Gasteiger partial charge on any atom is -0.310 e. The van der Waals surface area contributed by atoms with Crippen LogP contribution in [0.1, 0.15) is 102 Å². The Hall–Kier alpha value is -1.16. The lowest BCUT2D eigenvalue weighted by molar-refractivity contribution is -0.116. The monoisotopic (exact) mass is 450 g/mol. The van der Waals surface area contributed by atoms with E-state index < -0.39 is 0 Å². The van der Waals surface area contributed by atoms with Gasteiger partial charge in [0.2, 0.25) is 5.91 Å². The number of amides is 1. The first-order chi connectivity index (χ1) is 13.6. The molecule has 0 aliphatic heterocycles. The molecule has 0 atom stereocenters.